The van der Waals surface area contributed by atoms with Gasteiger partial charge in [0.2, 0.25) is 0 Å². The van der Waals surface area contributed by atoms with E-state index >= 15 is 0 Å². The standard InChI is InChI=1S/C21H17F4N/c1-12-4-6-15(7-5-12)26(16-10-17(22)14(3)18(23)11-16)21-19(24)8-13(2)9-20(21)25/h4-11H,1-3H3. The van der Waals surface area contributed by atoms with Crippen LogP contribution < -0.4 is 4.90 Å². The Morgan fingerprint density at radius 3 is 1.58 bits per heavy atom. The monoisotopic (exact) mass is 359 g/mol. The minimum Gasteiger partial charge on any atom is -0.305 e. The zero-order chi connectivity index (χ0) is 19.0. The maximum atomic E-state index is 14.6. The molecule has 0 saturated heterocycles. The van der Waals surface area contributed by atoms with Gasteiger partial charge in [0.25, 0.3) is 0 Å². The summed E-state index contributed by atoms with van der Waals surface area (Å²) in [5.41, 5.74) is 1.20. The van der Waals surface area contributed by atoms with Crippen LogP contribution in [0.5, 0.6) is 0 Å². The first-order chi connectivity index (χ1) is 12.3. The molecule has 3 aromatic carbocycles. The largest absolute Gasteiger partial charge is 0.305 e. The maximum Gasteiger partial charge on any atom is 0.150 e. The molecule has 0 saturated carbocycles. The number of halogens is 4. The molecule has 3 aromatic rings. The van der Waals surface area contributed by atoms with Crippen LogP contribution in [0.15, 0.2) is 48.5 Å². The molecule has 0 aliphatic carbocycles. The van der Waals surface area contributed by atoms with E-state index in [2.05, 4.69) is 0 Å². The van der Waals surface area contributed by atoms with E-state index in [-0.39, 0.29) is 16.9 Å². The molecule has 5 heteroatoms. The second-order valence-corrected chi connectivity index (χ2v) is 6.28. The van der Waals surface area contributed by atoms with Crippen LogP contribution in [0.2, 0.25) is 0 Å². The summed E-state index contributed by atoms with van der Waals surface area (Å²) in [5, 5.41) is 0. The van der Waals surface area contributed by atoms with Crippen LogP contribution in [0.3, 0.4) is 0 Å². The molecule has 0 heterocycles. The van der Waals surface area contributed by atoms with E-state index in [0.29, 0.717) is 11.3 Å². The lowest BCUT2D eigenvalue weighted by Crippen LogP contribution is -2.15. The highest BCUT2D eigenvalue weighted by molar-refractivity contribution is 5.77. The van der Waals surface area contributed by atoms with E-state index < -0.39 is 23.3 Å². The minimum absolute atomic E-state index is 0.00361. The van der Waals surface area contributed by atoms with E-state index in [1.807, 2.05) is 6.92 Å². The Labute approximate surface area is 149 Å². The fraction of sp³-hybridized carbons (Fsp3) is 0.143. The summed E-state index contributed by atoms with van der Waals surface area (Å²) in [6, 6.07) is 11.3. The van der Waals surface area contributed by atoms with Crippen LogP contribution >= 0.6 is 0 Å². The number of nitrogens with zero attached hydrogens (tertiary/aromatic N) is 1. The first kappa shape index (κ1) is 18.0. The van der Waals surface area contributed by atoms with Crippen molar-refractivity contribution in [2.45, 2.75) is 20.8 Å². The van der Waals surface area contributed by atoms with Crippen LogP contribution in [0.25, 0.3) is 0 Å². The van der Waals surface area contributed by atoms with Gasteiger partial charge in [-0.05, 0) is 62.7 Å². The summed E-state index contributed by atoms with van der Waals surface area (Å²) in [7, 11) is 0. The highest BCUT2D eigenvalue weighted by Crippen LogP contribution is 2.39. The average Bonchev–Trinajstić information content (AvgIpc) is 2.56. The highest BCUT2D eigenvalue weighted by Gasteiger charge is 2.23. The zero-order valence-electron chi connectivity index (χ0n) is 14.6. The lowest BCUT2D eigenvalue weighted by Gasteiger charge is -2.27. The molecular weight excluding hydrogens is 342 g/mol. The van der Waals surface area contributed by atoms with Crippen molar-refractivity contribution in [3.8, 4) is 0 Å². The van der Waals surface area contributed by atoms with Gasteiger partial charge in [-0.15, -0.1) is 0 Å². The number of aryl methyl sites for hydroxylation is 2. The fourth-order valence-corrected chi connectivity index (χ4v) is 2.77. The summed E-state index contributed by atoms with van der Waals surface area (Å²) in [4.78, 5) is 1.18. The fourth-order valence-electron chi connectivity index (χ4n) is 2.77. The van der Waals surface area contributed by atoms with Crippen molar-refractivity contribution in [3.63, 3.8) is 0 Å². The lowest BCUT2D eigenvalue weighted by atomic mass is 10.1. The van der Waals surface area contributed by atoms with Gasteiger partial charge in [0.05, 0.1) is 5.69 Å². The normalized spacial score (nSPS) is 10.9. The van der Waals surface area contributed by atoms with Crippen molar-refractivity contribution in [2.24, 2.45) is 0 Å². The van der Waals surface area contributed by atoms with Crippen molar-refractivity contribution in [1.29, 1.82) is 0 Å². The number of anilines is 3. The van der Waals surface area contributed by atoms with Crippen LogP contribution in [-0.2, 0) is 0 Å². The third-order valence-electron chi connectivity index (χ3n) is 4.20. The Morgan fingerprint density at radius 1 is 0.577 bits per heavy atom. The van der Waals surface area contributed by atoms with Crippen LogP contribution in [0.1, 0.15) is 16.7 Å². The van der Waals surface area contributed by atoms with Crippen molar-refractivity contribution in [1.82, 2.24) is 0 Å². The van der Waals surface area contributed by atoms with E-state index in [0.717, 1.165) is 17.7 Å². The molecule has 0 bridgehead atoms. The zero-order valence-corrected chi connectivity index (χ0v) is 14.6. The quantitative estimate of drug-likeness (QED) is 0.474. The summed E-state index contributed by atoms with van der Waals surface area (Å²) in [6.45, 7) is 4.74. The summed E-state index contributed by atoms with van der Waals surface area (Å²) in [5.74, 6) is -3.20. The lowest BCUT2D eigenvalue weighted by molar-refractivity contribution is 0.566. The minimum atomic E-state index is -0.815. The molecule has 134 valence electrons. The van der Waals surface area contributed by atoms with Crippen molar-refractivity contribution in [2.75, 3.05) is 4.90 Å². The van der Waals surface area contributed by atoms with Crippen LogP contribution in [-0.4, -0.2) is 0 Å². The Hall–Kier alpha value is -2.82. The summed E-state index contributed by atoms with van der Waals surface area (Å²) in [6.07, 6.45) is 0. The van der Waals surface area contributed by atoms with Gasteiger partial charge in [-0.3, -0.25) is 0 Å². The average molecular weight is 359 g/mol. The molecule has 0 radical (unpaired) electrons. The van der Waals surface area contributed by atoms with Gasteiger partial charge in [0.15, 0.2) is 0 Å². The highest BCUT2D eigenvalue weighted by atomic mass is 19.1. The van der Waals surface area contributed by atoms with Crippen molar-refractivity contribution in [3.05, 3.63) is 88.5 Å². The molecule has 0 amide bonds. The Kier molecular flexibility index (Phi) is 4.72. The molecule has 0 aliphatic heterocycles. The predicted molar refractivity (Wildman–Crippen MR) is 95.2 cm³/mol. The number of hydrogen-bond donors (Lipinski definition) is 0. The molecule has 0 atom stereocenters. The number of rotatable bonds is 3. The second-order valence-electron chi connectivity index (χ2n) is 6.28. The van der Waals surface area contributed by atoms with E-state index in [1.54, 1.807) is 31.2 Å². The van der Waals surface area contributed by atoms with Crippen LogP contribution in [0, 0.1) is 44.0 Å². The molecule has 1 nitrogen and oxygen atoms in total. The van der Waals surface area contributed by atoms with Gasteiger partial charge >= 0.3 is 0 Å². The van der Waals surface area contributed by atoms with Gasteiger partial charge in [0, 0.05) is 11.3 Å². The van der Waals surface area contributed by atoms with Gasteiger partial charge < -0.3 is 4.90 Å². The molecule has 0 N–H and O–H groups in total. The van der Waals surface area contributed by atoms with Gasteiger partial charge in [-0.2, -0.15) is 0 Å². The SMILES string of the molecule is Cc1ccc(N(c2cc(F)c(C)c(F)c2)c2c(F)cc(C)cc2F)cc1. The Morgan fingerprint density at radius 2 is 1.08 bits per heavy atom. The van der Waals surface area contributed by atoms with E-state index in [9.17, 15) is 17.6 Å². The molecule has 0 aromatic heterocycles. The molecule has 3 rings (SSSR count). The second kappa shape index (κ2) is 6.83. The topological polar surface area (TPSA) is 3.24 Å². The molecule has 26 heavy (non-hydrogen) atoms. The third kappa shape index (κ3) is 3.29. The summed E-state index contributed by atoms with van der Waals surface area (Å²) >= 11 is 0. The third-order valence-corrected chi connectivity index (χ3v) is 4.20. The van der Waals surface area contributed by atoms with Crippen molar-refractivity contribution < 1.29 is 17.6 Å². The molecule has 0 aliphatic rings. The van der Waals surface area contributed by atoms with Crippen LogP contribution in [0.4, 0.5) is 34.6 Å². The first-order valence-corrected chi connectivity index (χ1v) is 8.06. The molecular formula is C21H17F4N. The van der Waals surface area contributed by atoms with Gasteiger partial charge in [-0.25, -0.2) is 17.6 Å². The predicted octanol–water partition coefficient (Wildman–Crippen LogP) is 6.64. The van der Waals surface area contributed by atoms with Gasteiger partial charge in [-0.1, -0.05) is 17.7 Å². The molecule has 0 spiro atoms. The molecule has 0 fully saturated rings. The van der Waals surface area contributed by atoms with E-state index in [4.69, 9.17) is 0 Å². The van der Waals surface area contributed by atoms with Gasteiger partial charge in [0.1, 0.15) is 29.0 Å². The number of benzene rings is 3. The Balaban J connectivity index is 2.29. The van der Waals surface area contributed by atoms with Crippen molar-refractivity contribution >= 4 is 17.1 Å². The smallest absolute Gasteiger partial charge is 0.150 e. The Bertz CT molecular complexity index is 918. The first-order valence-electron chi connectivity index (χ1n) is 8.06. The maximum absolute atomic E-state index is 14.6. The van der Waals surface area contributed by atoms with E-state index in [1.165, 1.54) is 24.0 Å². The molecule has 0 unspecified atom stereocenters. The summed E-state index contributed by atoms with van der Waals surface area (Å²) < 4.78 is 57.5. The number of hydrogen-bond acceptors (Lipinski definition) is 1.